The van der Waals surface area contributed by atoms with Gasteiger partial charge in [-0.05, 0) is 55.0 Å². The van der Waals surface area contributed by atoms with E-state index in [4.69, 9.17) is 13.9 Å². The molecule has 3 aromatic rings. The molecule has 1 heterocycles. The molecule has 8 nitrogen and oxygen atoms in total. The molecule has 0 saturated carbocycles. The van der Waals surface area contributed by atoms with Gasteiger partial charge in [0, 0.05) is 11.8 Å². The molecule has 1 amide bonds. The zero-order valence-corrected chi connectivity index (χ0v) is 18.7. The van der Waals surface area contributed by atoms with Gasteiger partial charge in [-0.15, -0.1) is 0 Å². The van der Waals surface area contributed by atoms with Gasteiger partial charge in [0.1, 0.15) is 10.7 Å². The van der Waals surface area contributed by atoms with Gasteiger partial charge in [-0.25, -0.2) is 13.1 Å². The molecule has 0 atom stereocenters. The fraction of sp³-hybridized carbons (Fsp3) is 0.174. The molecule has 1 aromatic heterocycles. The first-order valence-electron chi connectivity index (χ1n) is 9.66. The highest BCUT2D eigenvalue weighted by Crippen LogP contribution is 2.36. The first-order chi connectivity index (χ1) is 15.3. The molecule has 0 radical (unpaired) electrons. The number of hydrogen-bond donors (Lipinski definition) is 2. The summed E-state index contributed by atoms with van der Waals surface area (Å²) < 4.78 is 44.1. The van der Waals surface area contributed by atoms with Crippen molar-refractivity contribution in [3.05, 3.63) is 77.8 Å². The van der Waals surface area contributed by atoms with Gasteiger partial charge in [-0.3, -0.25) is 4.79 Å². The van der Waals surface area contributed by atoms with E-state index < -0.39 is 10.0 Å². The van der Waals surface area contributed by atoms with Crippen LogP contribution in [-0.2, 0) is 21.4 Å². The van der Waals surface area contributed by atoms with Gasteiger partial charge in [-0.1, -0.05) is 17.7 Å². The Morgan fingerprint density at radius 1 is 1.09 bits per heavy atom. The molecule has 9 heteroatoms. The standard InChI is InChI=1S/C23H24N2O6S/c1-16-6-9-18(10-7-16)25-22(26)11-8-17-13-20(29-2)23(30-3)21(14-17)32(27,28)24-15-19-5-4-12-31-19/h4-14,24H,15H2,1-3H3,(H,25,26). The van der Waals surface area contributed by atoms with E-state index in [0.29, 0.717) is 17.0 Å². The topological polar surface area (TPSA) is 107 Å². The van der Waals surface area contributed by atoms with E-state index in [2.05, 4.69) is 10.0 Å². The Morgan fingerprint density at radius 3 is 2.47 bits per heavy atom. The molecule has 3 rings (SSSR count). The minimum absolute atomic E-state index is 0.0280. The van der Waals surface area contributed by atoms with Crippen molar-refractivity contribution in [3.8, 4) is 11.5 Å². The molecular weight excluding hydrogens is 432 g/mol. The van der Waals surface area contributed by atoms with E-state index in [1.54, 1.807) is 30.3 Å². The lowest BCUT2D eigenvalue weighted by atomic mass is 10.2. The molecule has 0 aliphatic carbocycles. The van der Waals surface area contributed by atoms with E-state index in [0.717, 1.165) is 5.56 Å². The third-order valence-corrected chi connectivity index (χ3v) is 5.93. The highest BCUT2D eigenvalue weighted by molar-refractivity contribution is 7.89. The number of aryl methyl sites for hydroxylation is 1. The Kier molecular flexibility index (Phi) is 7.34. The van der Waals surface area contributed by atoms with Crippen LogP contribution in [0.4, 0.5) is 5.69 Å². The van der Waals surface area contributed by atoms with E-state index in [-0.39, 0.29) is 28.8 Å². The van der Waals surface area contributed by atoms with Gasteiger partial charge in [0.15, 0.2) is 11.5 Å². The number of nitrogens with one attached hydrogen (secondary N) is 2. The average Bonchev–Trinajstić information content (AvgIpc) is 3.31. The minimum Gasteiger partial charge on any atom is -0.493 e. The van der Waals surface area contributed by atoms with Crippen LogP contribution in [0.25, 0.3) is 6.08 Å². The summed E-state index contributed by atoms with van der Waals surface area (Å²) in [5, 5.41) is 2.75. The lowest BCUT2D eigenvalue weighted by Crippen LogP contribution is -2.23. The zero-order valence-electron chi connectivity index (χ0n) is 17.9. The van der Waals surface area contributed by atoms with Crippen LogP contribution in [0.2, 0.25) is 0 Å². The van der Waals surface area contributed by atoms with Gasteiger partial charge in [-0.2, -0.15) is 0 Å². The summed E-state index contributed by atoms with van der Waals surface area (Å²) in [6.45, 7) is 1.93. The maximum atomic E-state index is 12.9. The van der Waals surface area contributed by atoms with Crippen molar-refractivity contribution in [2.45, 2.75) is 18.4 Å². The molecule has 0 fully saturated rings. The smallest absolute Gasteiger partial charge is 0.248 e. The number of anilines is 1. The summed E-state index contributed by atoms with van der Waals surface area (Å²) >= 11 is 0. The highest BCUT2D eigenvalue weighted by Gasteiger charge is 2.24. The lowest BCUT2D eigenvalue weighted by molar-refractivity contribution is -0.111. The second-order valence-electron chi connectivity index (χ2n) is 6.85. The Hall–Kier alpha value is -3.56. The van der Waals surface area contributed by atoms with Crippen LogP contribution in [0.3, 0.4) is 0 Å². The molecule has 0 saturated heterocycles. The third kappa shape index (κ3) is 5.77. The van der Waals surface area contributed by atoms with Crippen LogP contribution >= 0.6 is 0 Å². The number of ether oxygens (including phenoxy) is 2. The van der Waals surface area contributed by atoms with Gasteiger partial charge in [0.2, 0.25) is 15.9 Å². The number of sulfonamides is 1. The molecule has 0 unspecified atom stereocenters. The number of methoxy groups -OCH3 is 2. The average molecular weight is 457 g/mol. The second kappa shape index (κ2) is 10.2. The van der Waals surface area contributed by atoms with Gasteiger partial charge < -0.3 is 19.2 Å². The van der Waals surface area contributed by atoms with Crippen LogP contribution in [0, 0.1) is 6.92 Å². The Balaban J connectivity index is 1.85. The van der Waals surface area contributed by atoms with Crippen molar-refractivity contribution in [1.82, 2.24) is 4.72 Å². The van der Waals surface area contributed by atoms with Gasteiger partial charge in [0.25, 0.3) is 0 Å². The Bertz CT molecular complexity index is 1200. The van der Waals surface area contributed by atoms with Crippen molar-refractivity contribution in [2.24, 2.45) is 0 Å². The predicted octanol–water partition coefficient (Wildman–Crippen LogP) is 3.74. The number of hydrogen-bond acceptors (Lipinski definition) is 6. The largest absolute Gasteiger partial charge is 0.493 e. The Morgan fingerprint density at radius 2 is 1.84 bits per heavy atom. The number of furan rings is 1. The van der Waals surface area contributed by atoms with Crippen molar-refractivity contribution in [1.29, 1.82) is 0 Å². The summed E-state index contributed by atoms with van der Waals surface area (Å²) in [6, 6.07) is 13.7. The van der Waals surface area contributed by atoms with Gasteiger partial charge >= 0.3 is 0 Å². The van der Waals surface area contributed by atoms with E-state index in [1.165, 1.54) is 38.7 Å². The summed E-state index contributed by atoms with van der Waals surface area (Å²) in [5.74, 6) is 0.375. The van der Waals surface area contributed by atoms with Crippen LogP contribution in [-0.4, -0.2) is 28.5 Å². The molecule has 168 valence electrons. The molecule has 0 aliphatic heterocycles. The summed E-state index contributed by atoms with van der Waals surface area (Å²) in [6.07, 6.45) is 4.27. The summed E-state index contributed by atoms with van der Waals surface area (Å²) in [7, 11) is -1.21. The van der Waals surface area contributed by atoms with Crippen LogP contribution in [0.5, 0.6) is 11.5 Å². The number of amides is 1. The normalized spacial score (nSPS) is 11.5. The van der Waals surface area contributed by atoms with E-state index in [1.807, 2.05) is 19.1 Å². The summed E-state index contributed by atoms with van der Waals surface area (Å²) in [5.41, 5.74) is 2.18. The van der Waals surface area contributed by atoms with Crippen molar-refractivity contribution >= 4 is 27.7 Å². The first-order valence-corrected chi connectivity index (χ1v) is 11.1. The van der Waals surface area contributed by atoms with Crippen molar-refractivity contribution in [2.75, 3.05) is 19.5 Å². The maximum Gasteiger partial charge on any atom is 0.248 e. The fourth-order valence-corrected chi connectivity index (χ4v) is 4.10. The van der Waals surface area contributed by atoms with Crippen LogP contribution < -0.4 is 19.5 Å². The molecular formula is C23H24N2O6S. The Labute approximate surface area is 186 Å². The van der Waals surface area contributed by atoms with Crippen molar-refractivity contribution < 1.29 is 27.1 Å². The SMILES string of the molecule is COc1cc(C=CC(=O)Nc2ccc(C)cc2)cc(S(=O)(=O)NCc2ccco2)c1OC. The summed E-state index contributed by atoms with van der Waals surface area (Å²) in [4.78, 5) is 12.1. The predicted molar refractivity (Wildman–Crippen MR) is 121 cm³/mol. The van der Waals surface area contributed by atoms with Crippen LogP contribution in [0.1, 0.15) is 16.9 Å². The molecule has 2 aromatic carbocycles. The fourth-order valence-electron chi connectivity index (χ4n) is 2.90. The van der Waals surface area contributed by atoms with E-state index in [9.17, 15) is 13.2 Å². The molecule has 2 N–H and O–H groups in total. The quantitative estimate of drug-likeness (QED) is 0.475. The van der Waals surface area contributed by atoms with Crippen LogP contribution in [0.15, 0.2) is 70.2 Å². The maximum absolute atomic E-state index is 12.9. The number of carbonyl (C=O) groups excluding carboxylic acids is 1. The third-order valence-electron chi connectivity index (χ3n) is 4.52. The number of carbonyl (C=O) groups is 1. The molecule has 0 bridgehead atoms. The van der Waals surface area contributed by atoms with Gasteiger partial charge in [0.05, 0.1) is 27.0 Å². The highest BCUT2D eigenvalue weighted by atomic mass is 32.2. The zero-order chi connectivity index (χ0) is 23.1. The number of rotatable bonds is 9. The lowest BCUT2D eigenvalue weighted by Gasteiger charge is -2.15. The van der Waals surface area contributed by atoms with E-state index >= 15 is 0 Å². The second-order valence-corrected chi connectivity index (χ2v) is 8.58. The molecule has 0 aliphatic rings. The first kappa shape index (κ1) is 23.1. The van der Waals surface area contributed by atoms with Crippen molar-refractivity contribution in [3.63, 3.8) is 0 Å². The molecule has 0 spiro atoms. The number of benzene rings is 2. The molecule has 32 heavy (non-hydrogen) atoms. The monoisotopic (exact) mass is 456 g/mol. The minimum atomic E-state index is -3.97.